The zero-order chi connectivity index (χ0) is 16.8. The lowest BCUT2D eigenvalue weighted by molar-refractivity contribution is 0.246. The summed E-state index contributed by atoms with van der Waals surface area (Å²) in [5.41, 5.74) is 3.20. The van der Waals surface area contributed by atoms with Gasteiger partial charge in [0, 0.05) is 10.6 Å². The molecular formula is C22H30Cl2. The molecule has 1 aromatic carbocycles. The molecule has 2 heteroatoms. The van der Waals surface area contributed by atoms with Crippen molar-refractivity contribution in [2.45, 2.75) is 70.1 Å². The van der Waals surface area contributed by atoms with E-state index in [1.807, 2.05) is 12.1 Å². The van der Waals surface area contributed by atoms with E-state index in [1.165, 1.54) is 69.8 Å². The highest BCUT2D eigenvalue weighted by Gasteiger charge is 2.24. The van der Waals surface area contributed by atoms with E-state index < -0.39 is 0 Å². The Kier molecular flexibility index (Phi) is 7.10. The van der Waals surface area contributed by atoms with E-state index in [0.717, 1.165) is 28.7 Å². The van der Waals surface area contributed by atoms with Gasteiger partial charge in [-0.05, 0) is 92.7 Å². The molecule has 0 heterocycles. The second kappa shape index (κ2) is 9.30. The molecule has 0 nitrogen and oxygen atoms in total. The van der Waals surface area contributed by atoms with Crippen molar-refractivity contribution >= 4 is 23.2 Å². The Labute approximate surface area is 157 Å². The van der Waals surface area contributed by atoms with Gasteiger partial charge in [0.15, 0.2) is 0 Å². The molecule has 2 saturated carbocycles. The standard InChI is InChI=1S/C22H30Cl2/c23-16-15-19-5-3-17(4-6-19)1-2-18-7-9-20(10-8-18)21-11-13-22(24)14-12-21/h11-20H,1-10H2/b16-15+. The first kappa shape index (κ1) is 18.3. The quantitative estimate of drug-likeness (QED) is 0.496. The lowest BCUT2D eigenvalue weighted by Crippen LogP contribution is -2.17. The molecule has 0 atom stereocenters. The number of hydrogen-bond acceptors (Lipinski definition) is 0. The summed E-state index contributed by atoms with van der Waals surface area (Å²) >= 11 is 11.7. The van der Waals surface area contributed by atoms with Crippen molar-refractivity contribution in [3.63, 3.8) is 0 Å². The highest BCUT2D eigenvalue weighted by Crippen LogP contribution is 2.40. The summed E-state index contributed by atoms with van der Waals surface area (Å²) in [5, 5.41) is 0.851. The fraction of sp³-hybridized carbons (Fsp3) is 0.636. The molecule has 0 unspecified atom stereocenters. The molecule has 0 radical (unpaired) electrons. The Bertz CT molecular complexity index is 503. The molecule has 0 N–H and O–H groups in total. The number of rotatable bonds is 5. The molecule has 0 amide bonds. The molecule has 2 aliphatic carbocycles. The van der Waals surface area contributed by atoms with Gasteiger partial charge in [-0.2, -0.15) is 0 Å². The molecule has 24 heavy (non-hydrogen) atoms. The van der Waals surface area contributed by atoms with Gasteiger partial charge in [0.2, 0.25) is 0 Å². The number of allylic oxidation sites excluding steroid dienone is 1. The first-order chi connectivity index (χ1) is 11.7. The van der Waals surface area contributed by atoms with Crippen LogP contribution in [-0.4, -0.2) is 0 Å². The van der Waals surface area contributed by atoms with Crippen molar-refractivity contribution in [1.82, 2.24) is 0 Å². The fourth-order valence-electron chi connectivity index (χ4n) is 4.76. The topological polar surface area (TPSA) is 0 Å². The summed E-state index contributed by atoms with van der Waals surface area (Å²) in [7, 11) is 0. The van der Waals surface area contributed by atoms with E-state index in [2.05, 4.69) is 18.2 Å². The summed E-state index contributed by atoms with van der Waals surface area (Å²) in [5.74, 6) is 3.44. The molecule has 1 aromatic rings. The third kappa shape index (κ3) is 5.27. The van der Waals surface area contributed by atoms with Gasteiger partial charge in [-0.3, -0.25) is 0 Å². The zero-order valence-corrected chi connectivity index (χ0v) is 16.1. The SMILES string of the molecule is Cl/C=C/C1CCC(CCC2CCC(c3ccc(Cl)cc3)CC2)CC1. The summed E-state index contributed by atoms with van der Waals surface area (Å²) in [6.07, 6.45) is 16.2. The second-order valence-electron chi connectivity index (χ2n) is 7.95. The normalized spacial score (nSPS) is 31.4. The summed E-state index contributed by atoms with van der Waals surface area (Å²) in [6.45, 7) is 0. The van der Waals surface area contributed by atoms with Crippen LogP contribution in [0.5, 0.6) is 0 Å². The van der Waals surface area contributed by atoms with E-state index in [1.54, 1.807) is 5.54 Å². The van der Waals surface area contributed by atoms with Gasteiger partial charge in [0.1, 0.15) is 0 Å². The van der Waals surface area contributed by atoms with Crippen LogP contribution >= 0.6 is 23.2 Å². The molecule has 0 spiro atoms. The van der Waals surface area contributed by atoms with Gasteiger partial charge in [-0.15, -0.1) is 0 Å². The van der Waals surface area contributed by atoms with Crippen LogP contribution in [0.4, 0.5) is 0 Å². The molecule has 0 bridgehead atoms. The largest absolute Gasteiger partial charge is 0.0933 e. The van der Waals surface area contributed by atoms with Gasteiger partial charge >= 0.3 is 0 Å². The molecule has 3 rings (SSSR count). The van der Waals surface area contributed by atoms with Gasteiger partial charge < -0.3 is 0 Å². The Balaban J connectivity index is 1.36. The maximum absolute atomic E-state index is 6.01. The first-order valence-corrected chi connectivity index (χ1v) is 10.6. The summed E-state index contributed by atoms with van der Waals surface area (Å²) in [4.78, 5) is 0. The summed E-state index contributed by atoms with van der Waals surface area (Å²) in [6, 6.07) is 8.53. The molecule has 0 aromatic heterocycles. The zero-order valence-electron chi connectivity index (χ0n) is 14.6. The van der Waals surface area contributed by atoms with E-state index in [9.17, 15) is 0 Å². The summed E-state index contributed by atoms with van der Waals surface area (Å²) < 4.78 is 0. The number of benzene rings is 1. The third-order valence-corrected chi connectivity index (χ3v) is 6.81. The van der Waals surface area contributed by atoms with Crippen LogP contribution in [0.2, 0.25) is 5.02 Å². The highest BCUT2D eigenvalue weighted by atomic mass is 35.5. The van der Waals surface area contributed by atoms with E-state index >= 15 is 0 Å². The van der Waals surface area contributed by atoms with Gasteiger partial charge in [-0.1, -0.05) is 54.3 Å². The van der Waals surface area contributed by atoms with Crippen LogP contribution in [0.1, 0.15) is 75.7 Å². The highest BCUT2D eigenvalue weighted by molar-refractivity contribution is 6.30. The molecule has 2 aliphatic rings. The molecule has 132 valence electrons. The second-order valence-corrected chi connectivity index (χ2v) is 8.63. The Morgan fingerprint density at radius 3 is 1.88 bits per heavy atom. The minimum Gasteiger partial charge on any atom is -0.0933 e. The van der Waals surface area contributed by atoms with E-state index in [-0.39, 0.29) is 0 Å². The van der Waals surface area contributed by atoms with Crippen LogP contribution in [0.3, 0.4) is 0 Å². The van der Waals surface area contributed by atoms with Crippen LogP contribution in [0.15, 0.2) is 35.9 Å². The Morgan fingerprint density at radius 1 is 0.792 bits per heavy atom. The minimum atomic E-state index is 0.744. The first-order valence-electron chi connectivity index (χ1n) is 9.77. The molecule has 0 saturated heterocycles. The Morgan fingerprint density at radius 2 is 1.33 bits per heavy atom. The number of halogens is 2. The van der Waals surface area contributed by atoms with Crippen molar-refractivity contribution in [2.75, 3.05) is 0 Å². The fourth-order valence-corrected chi connectivity index (χ4v) is 5.09. The monoisotopic (exact) mass is 364 g/mol. The number of hydrogen-bond donors (Lipinski definition) is 0. The van der Waals surface area contributed by atoms with E-state index in [4.69, 9.17) is 23.2 Å². The van der Waals surface area contributed by atoms with Crippen LogP contribution in [-0.2, 0) is 0 Å². The predicted molar refractivity (Wildman–Crippen MR) is 106 cm³/mol. The van der Waals surface area contributed by atoms with Crippen LogP contribution in [0, 0.1) is 17.8 Å². The molecular weight excluding hydrogens is 335 g/mol. The van der Waals surface area contributed by atoms with Gasteiger partial charge in [0.05, 0.1) is 0 Å². The van der Waals surface area contributed by atoms with Crippen LogP contribution < -0.4 is 0 Å². The van der Waals surface area contributed by atoms with Crippen LogP contribution in [0.25, 0.3) is 0 Å². The maximum Gasteiger partial charge on any atom is 0.0406 e. The lowest BCUT2D eigenvalue weighted by atomic mass is 9.74. The van der Waals surface area contributed by atoms with Crippen molar-refractivity contribution < 1.29 is 0 Å². The average molecular weight is 365 g/mol. The third-order valence-electron chi connectivity index (χ3n) is 6.41. The molecule has 0 aliphatic heterocycles. The maximum atomic E-state index is 6.01. The van der Waals surface area contributed by atoms with Crippen molar-refractivity contribution in [3.8, 4) is 0 Å². The van der Waals surface area contributed by atoms with Crippen molar-refractivity contribution in [3.05, 3.63) is 46.5 Å². The van der Waals surface area contributed by atoms with E-state index in [0.29, 0.717) is 0 Å². The molecule has 2 fully saturated rings. The smallest absolute Gasteiger partial charge is 0.0406 e. The predicted octanol–water partition coefficient (Wildman–Crippen LogP) is 7.95. The lowest BCUT2D eigenvalue weighted by Gasteiger charge is -2.31. The van der Waals surface area contributed by atoms with Crippen molar-refractivity contribution in [2.24, 2.45) is 17.8 Å². The Hall–Kier alpha value is -0.460. The minimum absolute atomic E-state index is 0.744. The van der Waals surface area contributed by atoms with Gasteiger partial charge in [0.25, 0.3) is 0 Å². The van der Waals surface area contributed by atoms with Crippen molar-refractivity contribution in [1.29, 1.82) is 0 Å². The van der Waals surface area contributed by atoms with Gasteiger partial charge in [-0.25, -0.2) is 0 Å². The average Bonchev–Trinajstić information content (AvgIpc) is 2.63.